The fourth-order valence-corrected chi connectivity index (χ4v) is 1.64. The molecule has 15 heavy (non-hydrogen) atoms. The third kappa shape index (κ3) is 2.70. The Morgan fingerprint density at radius 3 is 2.73 bits per heavy atom. The largest absolute Gasteiger partial charge is 0.497 e. The van der Waals surface area contributed by atoms with Gasteiger partial charge in [0.05, 0.1) is 7.11 Å². The van der Waals surface area contributed by atoms with Crippen LogP contribution in [0.2, 0.25) is 0 Å². The summed E-state index contributed by atoms with van der Waals surface area (Å²) < 4.78 is 5.14. The first-order valence-corrected chi connectivity index (χ1v) is 5.18. The van der Waals surface area contributed by atoms with Crippen molar-refractivity contribution in [3.05, 3.63) is 29.8 Å². The zero-order chi connectivity index (χ0) is 11.3. The molecule has 0 fully saturated rings. The van der Waals surface area contributed by atoms with Gasteiger partial charge in [0, 0.05) is 6.54 Å². The van der Waals surface area contributed by atoms with Crippen LogP contribution in [0.15, 0.2) is 24.3 Å². The highest BCUT2D eigenvalue weighted by Crippen LogP contribution is 2.26. The van der Waals surface area contributed by atoms with E-state index in [9.17, 15) is 5.11 Å². The molecule has 2 N–H and O–H groups in total. The van der Waals surface area contributed by atoms with E-state index in [-0.39, 0.29) is 0 Å². The number of hydrogen-bond donors (Lipinski definition) is 2. The molecule has 0 radical (unpaired) electrons. The molecule has 0 unspecified atom stereocenters. The molecule has 0 aliphatic heterocycles. The molecular formula is C12H19NO2. The number of benzene rings is 1. The van der Waals surface area contributed by atoms with Gasteiger partial charge in [-0.05, 0) is 31.2 Å². The first-order chi connectivity index (χ1) is 7.16. The number of nitrogens with one attached hydrogen (secondary N) is 1. The second kappa shape index (κ2) is 5.14. The van der Waals surface area contributed by atoms with Crippen LogP contribution < -0.4 is 10.1 Å². The van der Waals surface area contributed by atoms with E-state index in [0.29, 0.717) is 13.0 Å². The predicted octanol–water partition coefficient (Wildman–Crippen LogP) is 1.51. The second-order valence-electron chi connectivity index (χ2n) is 3.65. The van der Waals surface area contributed by atoms with Gasteiger partial charge in [-0.1, -0.05) is 19.1 Å². The van der Waals surface area contributed by atoms with Crippen LogP contribution in [0.25, 0.3) is 0 Å². The molecular weight excluding hydrogens is 190 g/mol. The van der Waals surface area contributed by atoms with Crippen molar-refractivity contribution in [1.29, 1.82) is 0 Å². The van der Waals surface area contributed by atoms with E-state index in [0.717, 1.165) is 11.3 Å². The van der Waals surface area contributed by atoms with E-state index in [1.165, 1.54) is 0 Å². The van der Waals surface area contributed by atoms with Crippen molar-refractivity contribution in [2.24, 2.45) is 0 Å². The van der Waals surface area contributed by atoms with Gasteiger partial charge < -0.3 is 15.2 Å². The SMILES string of the molecule is CC[C@](O)(CNC)c1cccc(OC)c1. The van der Waals surface area contributed by atoms with Crippen LogP contribution in [-0.4, -0.2) is 25.8 Å². The van der Waals surface area contributed by atoms with E-state index in [2.05, 4.69) is 5.32 Å². The Kier molecular flexibility index (Phi) is 4.12. The lowest BCUT2D eigenvalue weighted by molar-refractivity contribution is 0.0344. The molecule has 1 aromatic rings. The van der Waals surface area contributed by atoms with E-state index in [4.69, 9.17) is 4.74 Å². The first kappa shape index (κ1) is 12.0. The Morgan fingerprint density at radius 2 is 2.20 bits per heavy atom. The first-order valence-electron chi connectivity index (χ1n) is 5.18. The van der Waals surface area contributed by atoms with Crippen molar-refractivity contribution < 1.29 is 9.84 Å². The topological polar surface area (TPSA) is 41.5 Å². The smallest absolute Gasteiger partial charge is 0.119 e. The Hall–Kier alpha value is -1.06. The minimum Gasteiger partial charge on any atom is -0.497 e. The van der Waals surface area contributed by atoms with Crippen molar-refractivity contribution >= 4 is 0 Å². The van der Waals surface area contributed by atoms with Crippen molar-refractivity contribution in [3.63, 3.8) is 0 Å². The Labute approximate surface area is 91.1 Å². The van der Waals surface area contributed by atoms with Gasteiger partial charge in [-0.15, -0.1) is 0 Å². The standard InChI is InChI=1S/C12H19NO2/c1-4-12(14,9-13-2)10-6-5-7-11(8-10)15-3/h5-8,13-14H,4,9H2,1-3H3/t12-/m0/s1. The number of aliphatic hydroxyl groups is 1. The summed E-state index contributed by atoms with van der Waals surface area (Å²) in [5, 5.41) is 13.4. The molecule has 1 atom stereocenters. The molecule has 0 heterocycles. The monoisotopic (exact) mass is 209 g/mol. The van der Waals surface area contributed by atoms with Gasteiger partial charge in [-0.3, -0.25) is 0 Å². The van der Waals surface area contributed by atoms with Gasteiger partial charge in [0.1, 0.15) is 11.4 Å². The van der Waals surface area contributed by atoms with Crippen molar-refractivity contribution in [1.82, 2.24) is 5.32 Å². The second-order valence-corrected chi connectivity index (χ2v) is 3.65. The molecule has 0 amide bonds. The van der Waals surface area contributed by atoms with Crippen LogP contribution in [-0.2, 0) is 5.60 Å². The summed E-state index contributed by atoms with van der Waals surface area (Å²) in [6, 6.07) is 7.56. The Morgan fingerprint density at radius 1 is 1.47 bits per heavy atom. The molecule has 0 spiro atoms. The zero-order valence-corrected chi connectivity index (χ0v) is 9.58. The lowest BCUT2D eigenvalue weighted by Crippen LogP contribution is -2.35. The van der Waals surface area contributed by atoms with Gasteiger partial charge in [0.2, 0.25) is 0 Å². The third-order valence-corrected chi connectivity index (χ3v) is 2.66. The number of hydrogen-bond acceptors (Lipinski definition) is 3. The minimum absolute atomic E-state index is 0.538. The van der Waals surface area contributed by atoms with Gasteiger partial charge in [-0.2, -0.15) is 0 Å². The number of likely N-dealkylation sites (N-methyl/N-ethyl adjacent to an activating group) is 1. The highest BCUT2D eigenvalue weighted by atomic mass is 16.5. The maximum atomic E-state index is 10.4. The van der Waals surface area contributed by atoms with E-state index in [1.807, 2.05) is 38.2 Å². The van der Waals surface area contributed by atoms with E-state index < -0.39 is 5.60 Å². The molecule has 0 aliphatic carbocycles. The Bertz CT molecular complexity index is 314. The highest BCUT2D eigenvalue weighted by Gasteiger charge is 2.26. The van der Waals surface area contributed by atoms with Crippen LogP contribution >= 0.6 is 0 Å². The van der Waals surface area contributed by atoms with Crippen LogP contribution in [0.5, 0.6) is 5.75 Å². The lowest BCUT2D eigenvalue weighted by Gasteiger charge is -2.27. The van der Waals surface area contributed by atoms with E-state index >= 15 is 0 Å². The fourth-order valence-electron chi connectivity index (χ4n) is 1.64. The van der Waals surface area contributed by atoms with Gasteiger partial charge in [0.25, 0.3) is 0 Å². The fraction of sp³-hybridized carbons (Fsp3) is 0.500. The molecule has 84 valence electrons. The lowest BCUT2D eigenvalue weighted by atomic mass is 9.91. The third-order valence-electron chi connectivity index (χ3n) is 2.66. The molecule has 0 aliphatic rings. The molecule has 1 rings (SSSR count). The highest BCUT2D eigenvalue weighted by molar-refractivity contribution is 5.32. The van der Waals surface area contributed by atoms with E-state index in [1.54, 1.807) is 7.11 Å². The van der Waals surface area contributed by atoms with Gasteiger partial charge in [-0.25, -0.2) is 0 Å². The maximum Gasteiger partial charge on any atom is 0.119 e. The Balaban J connectivity index is 3.00. The van der Waals surface area contributed by atoms with Crippen molar-refractivity contribution in [2.75, 3.05) is 20.7 Å². The summed E-state index contributed by atoms with van der Waals surface area (Å²) in [5.74, 6) is 0.774. The van der Waals surface area contributed by atoms with Crippen molar-refractivity contribution in [2.45, 2.75) is 18.9 Å². The molecule has 0 bridgehead atoms. The zero-order valence-electron chi connectivity index (χ0n) is 9.58. The summed E-state index contributed by atoms with van der Waals surface area (Å²) in [5.41, 5.74) is 0.0715. The molecule has 0 saturated carbocycles. The number of ether oxygens (including phenoxy) is 1. The van der Waals surface area contributed by atoms with Crippen LogP contribution in [0.4, 0.5) is 0 Å². The maximum absolute atomic E-state index is 10.4. The summed E-state index contributed by atoms with van der Waals surface area (Å²) in [6.45, 7) is 2.51. The normalized spacial score (nSPS) is 14.7. The summed E-state index contributed by atoms with van der Waals surface area (Å²) >= 11 is 0. The molecule has 3 heteroatoms. The van der Waals surface area contributed by atoms with Gasteiger partial charge in [0.15, 0.2) is 0 Å². The average Bonchev–Trinajstić information content (AvgIpc) is 2.29. The predicted molar refractivity (Wildman–Crippen MR) is 61.1 cm³/mol. The minimum atomic E-state index is -0.816. The van der Waals surface area contributed by atoms with Crippen LogP contribution in [0.3, 0.4) is 0 Å². The summed E-state index contributed by atoms with van der Waals surface area (Å²) in [6.07, 6.45) is 0.668. The molecule has 0 aromatic heterocycles. The molecule has 0 saturated heterocycles. The summed E-state index contributed by atoms with van der Waals surface area (Å²) in [7, 11) is 3.46. The van der Waals surface area contributed by atoms with Crippen LogP contribution in [0.1, 0.15) is 18.9 Å². The molecule has 3 nitrogen and oxygen atoms in total. The average molecular weight is 209 g/mol. The van der Waals surface area contributed by atoms with Crippen molar-refractivity contribution in [3.8, 4) is 5.75 Å². The van der Waals surface area contributed by atoms with Gasteiger partial charge >= 0.3 is 0 Å². The van der Waals surface area contributed by atoms with Crippen LogP contribution in [0, 0.1) is 0 Å². The quantitative estimate of drug-likeness (QED) is 0.772. The number of rotatable bonds is 5. The molecule has 1 aromatic carbocycles. The summed E-state index contributed by atoms with van der Waals surface area (Å²) in [4.78, 5) is 0. The number of methoxy groups -OCH3 is 1.